The monoisotopic (exact) mass is 499 g/mol. The van der Waals surface area contributed by atoms with Crippen molar-refractivity contribution in [2.45, 2.75) is 11.8 Å². The summed E-state index contributed by atoms with van der Waals surface area (Å²) in [6.45, 7) is 1.96. The largest absolute Gasteiger partial charge is 0.352 e. The third kappa shape index (κ3) is 5.02. The molecule has 4 rings (SSSR count). The Hall–Kier alpha value is -4.17. The van der Waals surface area contributed by atoms with Crippen LogP contribution in [0.15, 0.2) is 59.5 Å². The van der Waals surface area contributed by atoms with Crippen LogP contribution in [0, 0.1) is 27.2 Å². The number of benzene rings is 2. The van der Waals surface area contributed by atoms with E-state index >= 15 is 0 Å². The van der Waals surface area contributed by atoms with E-state index in [-0.39, 0.29) is 18.7 Å². The Kier molecular flexibility index (Phi) is 6.57. The third-order valence-corrected chi connectivity index (χ3v) is 7.49. The summed E-state index contributed by atoms with van der Waals surface area (Å²) in [5.74, 6) is 1.13. The molecule has 35 heavy (non-hydrogen) atoms. The molecular formula is C21H21N7O6S. The molecule has 3 aromatic rings. The minimum absolute atomic E-state index is 0.0729. The number of nitro benzene ring substituents is 2. The van der Waals surface area contributed by atoms with Gasteiger partial charge in [0, 0.05) is 44.0 Å². The zero-order valence-electron chi connectivity index (χ0n) is 18.6. The number of hydrogen-bond acceptors (Lipinski definition) is 10. The average molecular weight is 500 g/mol. The van der Waals surface area contributed by atoms with Crippen LogP contribution in [0.5, 0.6) is 0 Å². The van der Waals surface area contributed by atoms with Crippen molar-refractivity contribution in [3.05, 3.63) is 80.4 Å². The van der Waals surface area contributed by atoms with Crippen LogP contribution < -0.4 is 10.2 Å². The molecule has 0 radical (unpaired) electrons. The minimum atomic E-state index is -4.19. The van der Waals surface area contributed by atoms with Gasteiger partial charge in [0.1, 0.15) is 5.56 Å². The molecule has 2 aromatic carbocycles. The van der Waals surface area contributed by atoms with E-state index in [1.54, 1.807) is 12.1 Å². The fraction of sp³-hybridized carbons (Fsp3) is 0.238. The van der Waals surface area contributed by atoms with Gasteiger partial charge < -0.3 is 10.2 Å². The zero-order chi connectivity index (χ0) is 25.2. The number of nitrogens with one attached hydrogen (secondary N) is 1. The zero-order valence-corrected chi connectivity index (χ0v) is 19.4. The Balaban J connectivity index is 1.47. The van der Waals surface area contributed by atoms with E-state index in [1.165, 1.54) is 6.92 Å². The lowest BCUT2D eigenvalue weighted by Crippen LogP contribution is -2.49. The van der Waals surface area contributed by atoms with Gasteiger partial charge in [-0.05, 0) is 31.2 Å². The summed E-state index contributed by atoms with van der Waals surface area (Å²) in [5, 5.41) is 34.2. The summed E-state index contributed by atoms with van der Waals surface area (Å²) in [7, 11) is -4.19. The lowest BCUT2D eigenvalue weighted by molar-refractivity contribution is -0.395. The van der Waals surface area contributed by atoms with Crippen molar-refractivity contribution in [2.75, 3.05) is 36.4 Å². The molecule has 0 bridgehead atoms. The average Bonchev–Trinajstić information content (AvgIpc) is 2.85. The quantitative estimate of drug-likeness (QED) is 0.377. The third-order valence-electron chi connectivity index (χ3n) is 5.62. The Labute approximate surface area is 200 Å². The first-order valence-corrected chi connectivity index (χ1v) is 11.9. The Morgan fingerprint density at radius 1 is 0.886 bits per heavy atom. The van der Waals surface area contributed by atoms with Crippen molar-refractivity contribution in [1.82, 2.24) is 14.5 Å². The predicted octanol–water partition coefficient (Wildman–Crippen LogP) is 2.86. The maximum atomic E-state index is 13.1. The lowest BCUT2D eigenvalue weighted by atomic mass is 10.1. The highest BCUT2D eigenvalue weighted by Crippen LogP contribution is 2.33. The van der Waals surface area contributed by atoms with Gasteiger partial charge in [0.2, 0.25) is 10.0 Å². The van der Waals surface area contributed by atoms with Crippen LogP contribution in [-0.4, -0.2) is 58.9 Å². The SMILES string of the molecule is Cc1c([N+](=O)[O-])cc(S(=O)(=O)N2CCN(c3ccc(Nc4ccccc4)nn3)CC2)cc1[N+](=O)[O-]. The number of aromatic nitrogens is 2. The molecule has 0 spiro atoms. The first-order chi connectivity index (χ1) is 16.7. The molecule has 0 unspecified atom stereocenters. The topological polar surface area (TPSA) is 165 Å². The van der Waals surface area contributed by atoms with Crippen molar-refractivity contribution in [2.24, 2.45) is 0 Å². The summed E-state index contributed by atoms with van der Waals surface area (Å²) in [6.07, 6.45) is 0. The van der Waals surface area contributed by atoms with E-state index in [1.807, 2.05) is 35.2 Å². The Morgan fingerprint density at radius 3 is 2.00 bits per heavy atom. The molecule has 1 N–H and O–H groups in total. The van der Waals surface area contributed by atoms with Crippen LogP contribution >= 0.6 is 0 Å². The summed E-state index contributed by atoms with van der Waals surface area (Å²) in [6, 6.07) is 14.8. The minimum Gasteiger partial charge on any atom is -0.352 e. The van der Waals surface area contributed by atoms with Crippen molar-refractivity contribution >= 4 is 38.7 Å². The molecule has 0 atom stereocenters. The van der Waals surface area contributed by atoms with Gasteiger partial charge in [-0.25, -0.2) is 8.42 Å². The highest BCUT2D eigenvalue weighted by atomic mass is 32.2. The second-order valence-corrected chi connectivity index (χ2v) is 9.70. The molecule has 182 valence electrons. The van der Waals surface area contributed by atoms with Gasteiger partial charge in [0.25, 0.3) is 11.4 Å². The number of rotatable bonds is 7. The van der Waals surface area contributed by atoms with Gasteiger partial charge in [-0.3, -0.25) is 20.2 Å². The highest BCUT2D eigenvalue weighted by Gasteiger charge is 2.33. The number of anilines is 3. The number of sulfonamides is 1. The number of nitro groups is 2. The summed E-state index contributed by atoms with van der Waals surface area (Å²) in [5.41, 5.74) is -0.565. The summed E-state index contributed by atoms with van der Waals surface area (Å²) in [4.78, 5) is 22.4. The Bertz CT molecular complexity index is 1320. The molecule has 14 heteroatoms. The van der Waals surface area contributed by atoms with Crippen LogP contribution in [0.25, 0.3) is 0 Å². The molecule has 1 aliphatic heterocycles. The highest BCUT2D eigenvalue weighted by molar-refractivity contribution is 7.89. The molecule has 1 aliphatic rings. The molecule has 13 nitrogen and oxygen atoms in total. The van der Waals surface area contributed by atoms with Crippen molar-refractivity contribution < 1.29 is 18.3 Å². The Morgan fingerprint density at radius 2 is 1.49 bits per heavy atom. The lowest BCUT2D eigenvalue weighted by Gasteiger charge is -2.34. The van der Waals surface area contributed by atoms with Crippen LogP contribution in [0.4, 0.5) is 28.7 Å². The van der Waals surface area contributed by atoms with Crippen molar-refractivity contribution in [3.63, 3.8) is 0 Å². The van der Waals surface area contributed by atoms with Gasteiger partial charge in [-0.15, -0.1) is 10.2 Å². The molecule has 1 saturated heterocycles. The second kappa shape index (κ2) is 9.60. The molecule has 2 heterocycles. The van der Waals surface area contributed by atoms with Crippen LogP contribution in [0.1, 0.15) is 5.56 Å². The summed E-state index contributed by atoms with van der Waals surface area (Å²) >= 11 is 0. The maximum Gasteiger partial charge on any atom is 0.280 e. The van der Waals surface area contributed by atoms with Gasteiger partial charge in [-0.2, -0.15) is 4.31 Å². The van der Waals surface area contributed by atoms with Gasteiger partial charge in [0.15, 0.2) is 11.6 Å². The molecule has 1 aromatic heterocycles. The smallest absolute Gasteiger partial charge is 0.280 e. The van der Waals surface area contributed by atoms with E-state index in [4.69, 9.17) is 0 Å². The second-order valence-electron chi connectivity index (χ2n) is 7.76. The number of nitrogens with zero attached hydrogens (tertiary/aromatic N) is 6. The molecule has 0 saturated carbocycles. The van der Waals surface area contributed by atoms with Gasteiger partial charge >= 0.3 is 0 Å². The fourth-order valence-corrected chi connectivity index (χ4v) is 5.19. The number of hydrogen-bond donors (Lipinski definition) is 1. The fourth-order valence-electron chi connectivity index (χ4n) is 3.72. The van der Waals surface area contributed by atoms with Gasteiger partial charge in [-0.1, -0.05) is 18.2 Å². The van der Waals surface area contributed by atoms with Gasteiger partial charge in [0.05, 0.1) is 14.7 Å². The van der Waals surface area contributed by atoms with E-state index < -0.39 is 36.1 Å². The van der Waals surface area contributed by atoms with Crippen LogP contribution in [0.3, 0.4) is 0 Å². The first kappa shape index (κ1) is 24.0. The van der Waals surface area contributed by atoms with Crippen molar-refractivity contribution in [3.8, 4) is 0 Å². The summed E-state index contributed by atoms with van der Waals surface area (Å²) < 4.78 is 27.4. The normalized spacial score (nSPS) is 14.5. The number of piperazine rings is 1. The van der Waals surface area contributed by atoms with Crippen molar-refractivity contribution in [1.29, 1.82) is 0 Å². The molecule has 0 aliphatic carbocycles. The standard InChI is InChI=1S/C21H21N7O6S/c1-15-18(27(29)30)13-17(14-19(15)28(31)32)35(33,34)26-11-9-25(10-12-26)21-8-7-20(23-24-21)22-16-5-3-2-4-6-16/h2-8,13-14H,9-12H2,1H3,(H,22,23). The molecule has 0 amide bonds. The first-order valence-electron chi connectivity index (χ1n) is 10.5. The number of para-hydroxylation sites is 1. The predicted molar refractivity (Wildman–Crippen MR) is 127 cm³/mol. The van der Waals surface area contributed by atoms with Crippen LogP contribution in [-0.2, 0) is 10.0 Å². The maximum absolute atomic E-state index is 13.1. The van der Waals surface area contributed by atoms with E-state index in [9.17, 15) is 28.6 Å². The van der Waals surface area contributed by atoms with E-state index in [0.29, 0.717) is 24.7 Å². The van der Waals surface area contributed by atoms with Crippen LogP contribution in [0.2, 0.25) is 0 Å². The van der Waals surface area contributed by atoms with E-state index in [2.05, 4.69) is 15.5 Å². The molecular weight excluding hydrogens is 478 g/mol. The molecule has 1 fully saturated rings. The van der Waals surface area contributed by atoms with E-state index in [0.717, 1.165) is 22.1 Å².